The largest absolute Gasteiger partial charge is 0.493 e. The lowest BCUT2D eigenvalue weighted by molar-refractivity contribution is -0.120. The van der Waals surface area contributed by atoms with Gasteiger partial charge in [0.1, 0.15) is 12.1 Å². The maximum atomic E-state index is 12.4. The van der Waals surface area contributed by atoms with Gasteiger partial charge >= 0.3 is 0 Å². The minimum absolute atomic E-state index is 0.0818. The lowest BCUT2D eigenvalue weighted by Crippen LogP contribution is -2.28. The molecule has 0 unspecified atom stereocenters. The van der Waals surface area contributed by atoms with Crippen LogP contribution in [0.15, 0.2) is 48.2 Å². The number of ether oxygens (including phenoxy) is 2. The molecular formula is C22H24N6O3S. The summed E-state index contributed by atoms with van der Waals surface area (Å²) in [6.07, 6.45) is 3.52. The number of anilines is 1. The molecule has 0 aliphatic heterocycles. The Morgan fingerprint density at radius 1 is 1.16 bits per heavy atom. The minimum Gasteiger partial charge on any atom is -0.493 e. The van der Waals surface area contributed by atoms with Gasteiger partial charge in [0.2, 0.25) is 5.91 Å². The topological polar surface area (TPSA) is 103 Å². The summed E-state index contributed by atoms with van der Waals surface area (Å²) in [4.78, 5) is 22.3. The highest BCUT2D eigenvalue weighted by Crippen LogP contribution is 2.27. The Morgan fingerprint density at radius 2 is 2.03 bits per heavy atom. The maximum absolute atomic E-state index is 12.4. The van der Waals surface area contributed by atoms with Crippen LogP contribution in [0, 0.1) is 0 Å². The Labute approximate surface area is 189 Å². The van der Waals surface area contributed by atoms with Gasteiger partial charge in [0, 0.05) is 11.4 Å². The van der Waals surface area contributed by atoms with Crippen LogP contribution in [0.1, 0.15) is 10.4 Å². The van der Waals surface area contributed by atoms with E-state index in [1.54, 1.807) is 48.6 Å². The van der Waals surface area contributed by atoms with Crippen molar-refractivity contribution in [2.24, 2.45) is 0 Å². The molecule has 166 valence electrons. The van der Waals surface area contributed by atoms with Gasteiger partial charge in [0.25, 0.3) is 0 Å². The molecule has 0 fully saturated rings. The molecule has 2 N–H and O–H groups in total. The van der Waals surface area contributed by atoms with Gasteiger partial charge in [-0.1, -0.05) is 12.1 Å². The van der Waals surface area contributed by atoms with E-state index in [1.807, 2.05) is 17.5 Å². The van der Waals surface area contributed by atoms with Crippen LogP contribution >= 0.6 is 11.3 Å². The number of hydrogen-bond donors (Lipinski definition) is 2. The number of nitrogens with zero attached hydrogens (tertiary/aromatic N) is 4. The quantitative estimate of drug-likeness (QED) is 0.381. The van der Waals surface area contributed by atoms with Crippen molar-refractivity contribution in [3.63, 3.8) is 0 Å². The third-order valence-electron chi connectivity index (χ3n) is 4.90. The monoisotopic (exact) mass is 452 g/mol. The number of thiophene rings is 1. The average molecular weight is 453 g/mol. The molecule has 3 heterocycles. The summed E-state index contributed by atoms with van der Waals surface area (Å²) in [7, 11) is 3.15. The molecule has 0 aliphatic rings. The molecule has 3 aromatic heterocycles. The lowest BCUT2D eigenvalue weighted by atomic mass is 10.1. The van der Waals surface area contributed by atoms with E-state index in [-0.39, 0.29) is 12.3 Å². The second-order valence-corrected chi connectivity index (χ2v) is 8.01. The molecule has 9 nitrogen and oxygen atoms in total. The molecule has 0 saturated carbocycles. The molecule has 0 aliphatic carbocycles. The van der Waals surface area contributed by atoms with Crippen LogP contribution in [0.3, 0.4) is 0 Å². The van der Waals surface area contributed by atoms with Crippen LogP contribution < -0.4 is 20.1 Å². The first-order chi connectivity index (χ1) is 15.7. The number of hydrogen-bond acceptors (Lipinski definition) is 8. The zero-order valence-corrected chi connectivity index (χ0v) is 18.7. The predicted molar refractivity (Wildman–Crippen MR) is 123 cm³/mol. The fourth-order valence-corrected chi connectivity index (χ4v) is 3.97. The van der Waals surface area contributed by atoms with E-state index in [2.05, 4.69) is 31.8 Å². The highest BCUT2D eigenvalue weighted by atomic mass is 32.1. The van der Waals surface area contributed by atoms with Crippen molar-refractivity contribution >= 4 is 34.1 Å². The van der Waals surface area contributed by atoms with Crippen LogP contribution in [0.25, 0.3) is 11.0 Å². The van der Waals surface area contributed by atoms with Gasteiger partial charge in [-0.25, -0.2) is 14.6 Å². The fourth-order valence-electron chi connectivity index (χ4n) is 3.32. The van der Waals surface area contributed by atoms with Crippen LogP contribution in [0.2, 0.25) is 0 Å². The number of nitrogens with one attached hydrogen (secondary N) is 2. The van der Waals surface area contributed by atoms with Gasteiger partial charge in [-0.2, -0.15) is 5.10 Å². The third-order valence-corrected chi connectivity index (χ3v) is 5.78. The van der Waals surface area contributed by atoms with Crippen LogP contribution in [0.4, 0.5) is 5.82 Å². The second kappa shape index (κ2) is 10.1. The van der Waals surface area contributed by atoms with Gasteiger partial charge in [-0.3, -0.25) is 4.79 Å². The number of fused-ring (bicyclic) bond motifs is 1. The van der Waals surface area contributed by atoms with E-state index in [9.17, 15) is 4.79 Å². The van der Waals surface area contributed by atoms with E-state index in [1.165, 1.54) is 11.2 Å². The SMILES string of the molecule is COc1ccc(CC(=O)NCCn2ncc3c(NCc4cccs4)ncnc32)cc1OC. The Morgan fingerprint density at radius 3 is 2.81 bits per heavy atom. The van der Waals surface area contributed by atoms with Crippen molar-refractivity contribution in [2.75, 3.05) is 26.1 Å². The molecular weight excluding hydrogens is 428 g/mol. The predicted octanol–water partition coefficient (Wildman–Crippen LogP) is 2.88. The van der Waals surface area contributed by atoms with Crippen molar-refractivity contribution in [3.05, 3.63) is 58.7 Å². The molecule has 1 aromatic carbocycles. The Hall–Kier alpha value is -3.66. The normalized spacial score (nSPS) is 10.8. The first-order valence-corrected chi connectivity index (χ1v) is 11.0. The van der Waals surface area contributed by atoms with Crippen molar-refractivity contribution < 1.29 is 14.3 Å². The molecule has 4 rings (SSSR count). The number of benzene rings is 1. The van der Waals surface area contributed by atoms with E-state index in [0.29, 0.717) is 31.1 Å². The summed E-state index contributed by atoms with van der Waals surface area (Å²) in [5.41, 5.74) is 1.57. The number of rotatable bonds is 10. The summed E-state index contributed by atoms with van der Waals surface area (Å²) in [6, 6.07) is 9.55. The summed E-state index contributed by atoms with van der Waals surface area (Å²) in [6.45, 7) is 1.63. The molecule has 1 amide bonds. The molecule has 0 radical (unpaired) electrons. The van der Waals surface area contributed by atoms with Crippen molar-refractivity contribution in [3.8, 4) is 11.5 Å². The minimum atomic E-state index is -0.0818. The first kappa shape index (κ1) is 21.6. The molecule has 0 bridgehead atoms. The van der Waals surface area contributed by atoms with Crippen LogP contribution in [-0.4, -0.2) is 46.4 Å². The summed E-state index contributed by atoms with van der Waals surface area (Å²) >= 11 is 1.69. The summed E-state index contributed by atoms with van der Waals surface area (Å²) in [5.74, 6) is 1.89. The lowest BCUT2D eigenvalue weighted by Gasteiger charge is -2.10. The molecule has 0 atom stereocenters. The second-order valence-electron chi connectivity index (χ2n) is 6.98. The number of carbonyl (C=O) groups excluding carboxylic acids is 1. The van der Waals surface area contributed by atoms with Gasteiger partial charge in [0.15, 0.2) is 17.1 Å². The van der Waals surface area contributed by atoms with Gasteiger partial charge < -0.3 is 20.1 Å². The van der Waals surface area contributed by atoms with E-state index in [4.69, 9.17) is 9.47 Å². The molecule has 10 heteroatoms. The van der Waals surface area contributed by atoms with E-state index < -0.39 is 0 Å². The van der Waals surface area contributed by atoms with Crippen molar-refractivity contribution in [1.82, 2.24) is 25.1 Å². The number of aromatic nitrogens is 4. The van der Waals surface area contributed by atoms with Crippen LogP contribution in [-0.2, 0) is 24.3 Å². The van der Waals surface area contributed by atoms with Gasteiger partial charge in [-0.05, 0) is 29.1 Å². The highest BCUT2D eigenvalue weighted by Gasteiger charge is 2.11. The smallest absolute Gasteiger partial charge is 0.224 e. The van der Waals surface area contributed by atoms with Crippen LogP contribution in [0.5, 0.6) is 11.5 Å². The maximum Gasteiger partial charge on any atom is 0.224 e. The zero-order valence-electron chi connectivity index (χ0n) is 17.9. The summed E-state index contributed by atoms with van der Waals surface area (Å²) in [5, 5.41) is 13.6. The Bertz CT molecular complexity index is 1190. The number of methoxy groups -OCH3 is 2. The number of amides is 1. The van der Waals surface area contributed by atoms with E-state index in [0.717, 1.165) is 22.4 Å². The van der Waals surface area contributed by atoms with Gasteiger partial charge in [-0.15, -0.1) is 11.3 Å². The van der Waals surface area contributed by atoms with Crippen molar-refractivity contribution in [1.29, 1.82) is 0 Å². The zero-order chi connectivity index (χ0) is 22.3. The van der Waals surface area contributed by atoms with E-state index >= 15 is 0 Å². The Balaban J connectivity index is 1.33. The molecule has 0 saturated heterocycles. The molecule has 0 spiro atoms. The van der Waals surface area contributed by atoms with Crippen molar-refractivity contribution in [2.45, 2.75) is 19.5 Å². The fraction of sp³-hybridized carbons (Fsp3) is 0.273. The first-order valence-electron chi connectivity index (χ1n) is 10.1. The number of carbonyl (C=O) groups is 1. The third kappa shape index (κ3) is 4.97. The highest BCUT2D eigenvalue weighted by molar-refractivity contribution is 7.09. The van der Waals surface area contributed by atoms with Gasteiger partial charge in [0.05, 0.1) is 45.3 Å². The average Bonchev–Trinajstić information content (AvgIpc) is 3.48. The standard InChI is InChI=1S/C22H24N6O3S/c1-30-18-6-5-15(10-19(18)31-2)11-20(29)23-7-8-28-22-17(13-27-28)21(25-14-26-22)24-12-16-4-3-9-32-16/h3-6,9-10,13-14H,7-8,11-12H2,1-2H3,(H,23,29)(H,24,25,26). The summed E-state index contributed by atoms with van der Waals surface area (Å²) < 4.78 is 12.3. The molecule has 4 aromatic rings. The Kier molecular flexibility index (Phi) is 6.81. The molecule has 32 heavy (non-hydrogen) atoms.